The molecule has 0 aliphatic carbocycles. The maximum absolute atomic E-state index is 13.1. The molecule has 18 heavy (non-hydrogen) atoms. The van der Waals surface area contributed by atoms with Crippen LogP contribution in [0.1, 0.15) is 32.8 Å². The van der Waals surface area contributed by atoms with Crippen LogP contribution in [-0.4, -0.2) is 22.9 Å². The van der Waals surface area contributed by atoms with E-state index in [1.165, 1.54) is 12.1 Å². The summed E-state index contributed by atoms with van der Waals surface area (Å²) in [6.45, 7) is 6.55. The van der Waals surface area contributed by atoms with Crippen LogP contribution >= 0.6 is 0 Å². The van der Waals surface area contributed by atoms with E-state index in [1.807, 2.05) is 26.8 Å². The van der Waals surface area contributed by atoms with Crippen LogP contribution in [0.15, 0.2) is 24.3 Å². The number of hydrogen-bond acceptors (Lipinski definition) is 2. The van der Waals surface area contributed by atoms with Gasteiger partial charge in [-0.25, -0.2) is 4.39 Å². The average molecular weight is 252 g/mol. The first-order valence-corrected chi connectivity index (χ1v) is 6.13. The molecule has 1 aromatic rings. The highest BCUT2D eigenvalue weighted by molar-refractivity contribution is 5.77. The van der Waals surface area contributed by atoms with Crippen molar-refractivity contribution in [2.75, 3.05) is 6.54 Å². The van der Waals surface area contributed by atoms with Crippen molar-refractivity contribution >= 4 is 5.91 Å². The van der Waals surface area contributed by atoms with Crippen molar-refractivity contribution in [2.24, 2.45) is 5.73 Å². The monoisotopic (exact) mass is 252 g/mol. The Balaban J connectivity index is 2.70. The van der Waals surface area contributed by atoms with Gasteiger partial charge < -0.3 is 10.6 Å². The van der Waals surface area contributed by atoms with Gasteiger partial charge in [-0.2, -0.15) is 0 Å². The first-order chi connectivity index (χ1) is 8.31. The van der Waals surface area contributed by atoms with Crippen molar-refractivity contribution in [1.82, 2.24) is 4.90 Å². The third-order valence-corrected chi connectivity index (χ3v) is 2.60. The molecule has 0 saturated heterocycles. The van der Waals surface area contributed by atoms with Crippen molar-refractivity contribution in [3.8, 4) is 0 Å². The van der Waals surface area contributed by atoms with Gasteiger partial charge in [-0.1, -0.05) is 12.1 Å². The van der Waals surface area contributed by atoms with Gasteiger partial charge in [0.2, 0.25) is 5.91 Å². The molecule has 1 rings (SSSR count). The fourth-order valence-corrected chi connectivity index (χ4v) is 1.73. The predicted octanol–water partition coefficient (Wildman–Crippen LogP) is 2.30. The Morgan fingerprint density at radius 3 is 2.61 bits per heavy atom. The molecular weight excluding hydrogens is 231 g/mol. The van der Waals surface area contributed by atoms with Gasteiger partial charge >= 0.3 is 0 Å². The summed E-state index contributed by atoms with van der Waals surface area (Å²) >= 11 is 0. The second-order valence-corrected chi connectivity index (χ2v) is 5.20. The number of halogens is 1. The number of carbonyl (C=O) groups is 1. The molecule has 0 atom stereocenters. The van der Waals surface area contributed by atoms with Gasteiger partial charge in [0.15, 0.2) is 0 Å². The largest absolute Gasteiger partial charge is 0.339 e. The molecule has 100 valence electrons. The molecule has 0 saturated carbocycles. The number of carbonyl (C=O) groups excluding carboxylic acids is 1. The molecule has 0 unspecified atom stereocenters. The molecule has 4 heteroatoms. The van der Waals surface area contributed by atoms with Crippen molar-refractivity contribution in [3.63, 3.8) is 0 Å². The zero-order valence-electron chi connectivity index (χ0n) is 11.2. The average Bonchev–Trinajstić information content (AvgIpc) is 2.23. The normalized spacial score (nSPS) is 11.4. The van der Waals surface area contributed by atoms with Crippen LogP contribution < -0.4 is 5.73 Å². The minimum Gasteiger partial charge on any atom is -0.339 e. The van der Waals surface area contributed by atoms with Crippen LogP contribution in [0.3, 0.4) is 0 Å². The third kappa shape index (κ3) is 4.84. The van der Waals surface area contributed by atoms with Crippen LogP contribution in [0, 0.1) is 5.82 Å². The van der Waals surface area contributed by atoms with E-state index in [0.29, 0.717) is 13.1 Å². The molecule has 1 amide bonds. The smallest absolute Gasteiger partial charge is 0.224 e. The van der Waals surface area contributed by atoms with Gasteiger partial charge in [0, 0.05) is 25.0 Å². The molecule has 0 aliphatic heterocycles. The Hall–Kier alpha value is -1.42. The summed E-state index contributed by atoms with van der Waals surface area (Å²) in [5.41, 5.74) is 6.11. The van der Waals surface area contributed by atoms with E-state index in [9.17, 15) is 9.18 Å². The SMILES string of the molecule is CCN(Cc1cccc(F)c1)C(=O)CC(C)(C)N. The lowest BCUT2D eigenvalue weighted by Gasteiger charge is -2.25. The first-order valence-electron chi connectivity index (χ1n) is 6.13. The molecule has 2 N–H and O–H groups in total. The summed E-state index contributed by atoms with van der Waals surface area (Å²) < 4.78 is 13.1. The van der Waals surface area contributed by atoms with Gasteiger partial charge in [-0.3, -0.25) is 4.79 Å². The highest BCUT2D eigenvalue weighted by Crippen LogP contribution is 2.11. The van der Waals surface area contributed by atoms with Gasteiger partial charge in [0.25, 0.3) is 0 Å². The third-order valence-electron chi connectivity index (χ3n) is 2.60. The maximum Gasteiger partial charge on any atom is 0.224 e. The summed E-state index contributed by atoms with van der Waals surface area (Å²) in [7, 11) is 0. The fraction of sp³-hybridized carbons (Fsp3) is 0.500. The lowest BCUT2D eigenvalue weighted by Crippen LogP contribution is -2.41. The number of amides is 1. The van der Waals surface area contributed by atoms with Crippen molar-refractivity contribution in [1.29, 1.82) is 0 Å². The van der Waals surface area contributed by atoms with Gasteiger partial charge in [-0.05, 0) is 38.5 Å². The molecule has 0 aliphatic rings. The Morgan fingerprint density at radius 2 is 2.11 bits per heavy atom. The molecule has 0 bridgehead atoms. The summed E-state index contributed by atoms with van der Waals surface area (Å²) in [5, 5.41) is 0. The predicted molar refractivity (Wildman–Crippen MR) is 70.4 cm³/mol. The van der Waals surface area contributed by atoms with E-state index < -0.39 is 5.54 Å². The van der Waals surface area contributed by atoms with E-state index in [-0.39, 0.29) is 18.1 Å². The maximum atomic E-state index is 13.1. The van der Waals surface area contributed by atoms with Crippen molar-refractivity contribution in [2.45, 2.75) is 39.3 Å². The number of rotatable bonds is 5. The summed E-state index contributed by atoms with van der Waals surface area (Å²) in [6.07, 6.45) is 0.288. The number of nitrogens with two attached hydrogens (primary N) is 1. The highest BCUT2D eigenvalue weighted by Gasteiger charge is 2.20. The van der Waals surface area contributed by atoms with E-state index in [1.54, 1.807) is 11.0 Å². The fourth-order valence-electron chi connectivity index (χ4n) is 1.73. The Morgan fingerprint density at radius 1 is 1.44 bits per heavy atom. The summed E-state index contributed by atoms with van der Waals surface area (Å²) in [4.78, 5) is 13.7. The second kappa shape index (κ2) is 5.96. The first kappa shape index (κ1) is 14.6. The molecule has 1 aromatic carbocycles. The lowest BCUT2D eigenvalue weighted by atomic mass is 10.0. The van der Waals surface area contributed by atoms with Crippen molar-refractivity contribution < 1.29 is 9.18 Å². The van der Waals surface area contributed by atoms with Crippen LogP contribution in [-0.2, 0) is 11.3 Å². The van der Waals surface area contributed by atoms with Crippen LogP contribution in [0.5, 0.6) is 0 Å². The minimum atomic E-state index is -0.521. The van der Waals surface area contributed by atoms with E-state index in [0.717, 1.165) is 5.56 Å². The van der Waals surface area contributed by atoms with E-state index in [2.05, 4.69) is 0 Å². The number of nitrogens with zero attached hydrogens (tertiary/aromatic N) is 1. The molecule has 0 spiro atoms. The van der Waals surface area contributed by atoms with Crippen LogP contribution in [0.4, 0.5) is 4.39 Å². The summed E-state index contributed by atoms with van der Waals surface area (Å²) in [5.74, 6) is -0.288. The molecule has 3 nitrogen and oxygen atoms in total. The number of hydrogen-bond donors (Lipinski definition) is 1. The zero-order valence-corrected chi connectivity index (χ0v) is 11.2. The standard InChI is InChI=1S/C14H21FN2O/c1-4-17(13(18)9-14(2,3)16)10-11-6-5-7-12(15)8-11/h5-8H,4,9-10,16H2,1-3H3. The summed E-state index contributed by atoms with van der Waals surface area (Å²) in [6, 6.07) is 6.30. The number of benzene rings is 1. The van der Waals surface area contributed by atoms with Crippen LogP contribution in [0.25, 0.3) is 0 Å². The Bertz CT molecular complexity index is 413. The Labute approximate surface area is 108 Å². The molecule has 0 aromatic heterocycles. The van der Waals surface area contributed by atoms with Gasteiger partial charge in [0.1, 0.15) is 5.82 Å². The molecule has 0 radical (unpaired) electrons. The Kier molecular flexibility index (Phi) is 4.84. The van der Waals surface area contributed by atoms with Crippen molar-refractivity contribution in [3.05, 3.63) is 35.6 Å². The lowest BCUT2D eigenvalue weighted by molar-refractivity contribution is -0.132. The van der Waals surface area contributed by atoms with Crippen LogP contribution in [0.2, 0.25) is 0 Å². The molecule has 0 heterocycles. The van der Waals surface area contributed by atoms with E-state index >= 15 is 0 Å². The van der Waals surface area contributed by atoms with E-state index in [4.69, 9.17) is 5.73 Å². The highest BCUT2D eigenvalue weighted by atomic mass is 19.1. The molecule has 0 fully saturated rings. The quantitative estimate of drug-likeness (QED) is 0.874. The van der Waals surface area contributed by atoms with Gasteiger partial charge in [0.05, 0.1) is 0 Å². The molecular formula is C14H21FN2O. The second-order valence-electron chi connectivity index (χ2n) is 5.20. The topological polar surface area (TPSA) is 46.3 Å². The zero-order chi connectivity index (χ0) is 13.8. The van der Waals surface area contributed by atoms with Gasteiger partial charge in [-0.15, -0.1) is 0 Å². The minimum absolute atomic E-state index is 0.00531.